The summed E-state index contributed by atoms with van der Waals surface area (Å²) in [6.45, 7) is 5.03. The van der Waals surface area contributed by atoms with Crippen LogP contribution in [0.25, 0.3) is 0 Å². The molecule has 3 heterocycles. The van der Waals surface area contributed by atoms with Crippen LogP contribution in [-0.4, -0.2) is 66.7 Å². The Bertz CT molecular complexity index is 1380. The van der Waals surface area contributed by atoms with Gasteiger partial charge < -0.3 is 29.9 Å². The number of carbonyl (C=O) groups is 1. The van der Waals surface area contributed by atoms with Crippen molar-refractivity contribution in [2.75, 3.05) is 55.3 Å². The van der Waals surface area contributed by atoms with Gasteiger partial charge in [-0.3, -0.25) is 4.79 Å². The van der Waals surface area contributed by atoms with Crippen molar-refractivity contribution in [3.8, 4) is 17.4 Å². The number of ether oxygens (including phenoxy) is 2. The molecule has 2 aliphatic rings. The molecule has 9 nitrogen and oxygen atoms in total. The highest BCUT2D eigenvalue weighted by atomic mass is 35.5. The summed E-state index contributed by atoms with van der Waals surface area (Å²) in [6.07, 6.45) is -3.42. The highest BCUT2D eigenvalue weighted by molar-refractivity contribution is 6.32. The number of anilines is 3. The number of benzene rings is 2. The first-order valence-corrected chi connectivity index (χ1v) is 12.6. The summed E-state index contributed by atoms with van der Waals surface area (Å²) in [7, 11) is 1.96. The fourth-order valence-corrected chi connectivity index (χ4v) is 4.43. The van der Waals surface area contributed by atoms with Crippen molar-refractivity contribution in [2.24, 2.45) is 0 Å². The van der Waals surface area contributed by atoms with Crippen LogP contribution in [0, 0.1) is 0 Å². The standard InChI is InChI=1S/C26H26ClF3N6O3/c1-15-13-31-23-22(38-15)25(33-14-32-23)39-21-9-16(3-4-20(21)27)24(37)34-18-10-17(26(28,29)30)11-19(12-18)36-7-5-35(2)6-8-36/h3-4,9-12,14-15H,5-8,13H2,1-2H3,(H,34,37)(H,31,32,33). The van der Waals surface area contributed by atoms with E-state index in [1.165, 1.54) is 24.5 Å². The lowest BCUT2D eigenvalue weighted by molar-refractivity contribution is -0.137. The Kier molecular flexibility index (Phi) is 7.41. The first-order valence-electron chi connectivity index (χ1n) is 12.3. The lowest BCUT2D eigenvalue weighted by atomic mass is 10.1. The van der Waals surface area contributed by atoms with Crippen molar-refractivity contribution in [2.45, 2.75) is 19.2 Å². The zero-order chi connectivity index (χ0) is 27.7. The molecule has 13 heteroatoms. The van der Waals surface area contributed by atoms with Gasteiger partial charge in [0.25, 0.3) is 11.8 Å². The van der Waals surface area contributed by atoms with Crippen LogP contribution in [0.2, 0.25) is 5.02 Å². The van der Waals surface area contributed by atoms with Crippen molar-refractivity contribution in [3.63, 3.8) is 0 Å². The number of aromatic nitrogens is 2. The SMILES string of the molecule is CC1CNc2ncnc(Oc3cc(C(=O)Nc4cc(N5CCN(C)CC5)cc(C(F)(F)F)c4)ccc3Cl)c2O1. The summed E-state index contributed by atoms with van der Waals surface area (Å²) in [6, 6.07) is 7.88. The fraction of sp³-hybridized carbons (Fsp3) is 0.346. The predicted octanol–water partition coefficient (Wildman–Crippen LogP) is 5.14. The van der Waals surface area contributed by atoms with Gasteiger partial charge in [-0.15, -0.1) is 0 Å². The number of nitrogens with one attached hydrogen (secondary N) is 2. The highest BCUT2D eigenvalue weighted by Gasteiger charge is 2.32. The molecule has 206 valence electrons. The maximum absolute atomic E-state index is 13.7. The molecule has 0 spiro atoms. The Hall–Kier alpha value is -3.77. The Morgan fingerprint density at radius 1 is 1.15 bits per heavy atom. The van der Waals surface area contributed by atoms with Crippen LogP contribution in [-0.2, 0) is 6.18 Å². The van der Waals surface area contributed by atoms with E-state index in [0.29, 0.717) is 36.9 Å². The second-order valence-corrected chi connectivity index (χ2v) is 9.83. The van der Waals surface area contributed by atoms with Gasteiger partial charge in [-0.2, -0.15) is 18.2 Å². The van der Waals surface area contributed by atoms with E-state index < -0.39 is 17.6 Å². The van der Waals surface area contributed by atoms with Crippen LogP contribution < -0.4 is 25.0 Å². The summed E-state index contributed by atoms with van der Waals surface area (Å²) in [5.41, 5.74) is -0.293. The Balaban J connectivity index is 1.39. The van der Waals surface area contributed by atoms with Gasteiger partial charge in [-0.05, 0) is 50.4 Å². The van der Waals surface area contributed by atoms with Gasteiger partial charge in [0.05, 0.1) is 17.1 Å². The molecule has 5 rings (SSSR count). The molecule has 3 aromatic rings. The molecule has 2 aliphatic heterocycles. The van der Waals surface area contributed by atoms with Gasteiger partial charge >= 0.3 is 6.18 Å². The van der Waals surface area contributed by atoms with Crippen molar-refractivity contribution in [1.29, 1.82) is 0 Å². The minimum Gasteiger partial charge on any atom is -0.480 e. The molecule has 39 heavy (non-hydrogen) atoms. The van der Waals surface area contributed by atoms with Gasteiger partial charge in [0.1, 0.15) is 18.2 Å². The van der Waals surface area contributed by atoms with Gasteiger partial charge in [-0.25, -0.2) is 4.98 Å². The summed E-state index contributed by atoms with van der Waals surface area (Å²) in [4.78, 5) is 25.4. The third-order valence-corrected chi connectivity index (χ3v) is 6.73. The van der Waals surface area contributed by atoms with Gasteiger partial charge in [-0.1, -0.05) is 11.6 Å². The average Bonchev–Trinajstić information content (AvgIpc) is 2.90. The van der Waals surface area contributed by atoms with Crippen molar-refractivity contribution >= 4 is 34.7 Å². The van der Waals surface area contributed by atoms with Crippen molar-refractivity contribution in [1.82, 2.24) is 14.9 Å². The number of alkyl halides is 3. The third-order valence-electron chi connectivity index (χ3n) is 6.42. The molecule has 0 bridgehead atoms. The van der Waals surface area contributed by atoms with E-state index in [1.807, 2.05) is 18.9 Å². The molecular formula is C26H26ClF3N6O3. The minimum atomic E-state index is -4.57. The van der Waals surface area contributed by atoms with Crippen molar-refractivity contribution < 1.29 is 27.4 Å². The number of fused-ring (bicyclic) bond motifs is 1. The van der Waals surface area contributed by atoms with E-state index in [2.05, 4.69) is 25.5 Å². The van der Waals surface area contributed by atoms with E-state index in [9.17, 15) is 18.0 Å². The topological polar surface area (TPSA) is 91.9 Å². The lowest BCUT2D eigenvalue weighted by Crippen LogP contribution is -2.44. The van der Waals surface area contributed by atoms with E-state index in [0.717, 1.165) is 25.2 Å². The minimum absolute atomic E-state index is 0.0273. The molecule has 1 atom stereocenters. The molecular weight excluding hydrogens is 537 g/mol. The van der Waals surface area contributed by atoms with E-state index in [4.69, 9.17) is 21.1 Å². The molecule has 1 amide bonds. The Morgan fingerprint density at radius 2 is 1.92 bits per heavy atom. The molecule has 0 aliphatic carbocycles. The van der Waals surface area contributed by atoms with Gasteiger partial charge in [0.15, 0.2) is 5.82 Å². The van der Waals surface area contributed by atoms with Gasteiger partial charge in [0.2, 0.25) is 5.75 Å². The number of rotatable bonds is 5. The first kappa shape index (κ1) is 26.8. The van der Waals surface area contributed by atoms with Crippen LogP contribution in [0.4, 0.5) is 30.4 Å². The highest BCUT2D eigenvalue weighted by Crippen LogP contribution is 2.40. The summed E-state index contributed by atoms with van der Waals surface area (Å²) in [5, 5.41) is 5.91. The monoisotopic (exact) mass is 562 g/mol. The molecule has 0 radical (unpaired) electrons. The number of halogens is 4. The number of carbonyl (C=O) groups excluding carboxylic acids is 1. The molecule has 0 saturated carbocycles. The van der Waals surface area contributed by atoms with Gasteiger partial charge in [0, 0.05) is 43.1 Å². The second kappa shape index (κ2) is 10.8. The summed E-state index contributed by atoms with van der Waals surface area (Å²) in [5.74, 6) is 0.366. The maximum Gasteiger partial charge on any atom is 0.416 e. The van der Waals surface area contributed by atoms with Crippen LogP contribution in [0.5, 0.6) is 17.4 Å². The number of piperazine rings is 1. The number of likely N-dealkylation sites (N-methyl/N-ethyl adjacent to an activating group) is 1. The Labute approximate surface area is 227 Å². The van der Waals surface area contributed by atoms with E-state index in [-0.39, 0.29) is 34.0 Å². The fourth-order valence-electron chi connectivity index (χ4n) is 4.27. The Morgan fingerprint density at radius 3 is 2.67 bits per heavy atom. The molecule has 1 fully saturated rings. The van der Waals surface area contributed by atoms with E-state index >= 15 is 0 Å². The van der Waals surface area contributed by atoms with Crippen LogP contribution in [0.1, 0.15) is 22.8 Å². The molecule has 2 aromatic carbocycles. The third kappa shape index (κ3) is 6.12. The predicted molar refractivity (Wildman–Crippen MR) is 141 cm³/mol. The zero-order valence-electron chi connectivity index (χ0n) is 21.2. The molecule has 1 aromatic heterocycles. The van der Waals surface area contributed by atoms with Crippen molar-refractivity contribution in [3.05, 3.63) is 58.9 Å². The number of hydrogen-bond acceptors (Lipinski definition) is 8. The van der Waals surface area contributed by atoms with Crippen LogP contribution >= 0.6 is 11.6 Å². The largest absolute Gasteiger partial charge is 0.480 e. The molecule has 1 unspecified atom stereocenters. The average molecular weight is 563 g/mol. The number of amides is 1. The quantitative estimate of drug-likeness (QED) is 0.442. The maximum atomic E-state index is 13.7. The summed E-state index contributed by atoms with van der Waals surface area (Å²) >= 11 is 6.32. The normalized spacial score (nSPS) is 17.6. The van der Waals surface area contributed by atoms with Crippen LogP contribution in [0.3, 0.4) is 0 Å². The number of hydrogen-bond donors (Lipinski definition) is 2. The summed E-state index contributed by atoms with van der Waals surface area (Å²) < 4.78 is 52.8. The first-order chi connectivity index (χ1) is 18.6. The second-order valence-electron chi connectivity index (χ2n) is 9.42. The number of nitrogens with zero attached hydrogens (tertiary/aromatic N) is 4. The van der Waals surface area contributed by atoms with Crippen LogP contribution in [0.15, 0.2) is 42.7 Å². The van der Waals surface area contributed by atoms with E-state index in [1.54, 1.807) is 6.07 Å². The zero-order valence-corrected chi connectivity index (χ0v) is 21.9. The molecule has 1 saturated heterocycles. The molecule has 2 N–H and O–H groups in total. The lowest BCUT2D eigenvalue weighted by Gasteiger charge is -2.34. The smallest absolute Gasteiger partial charge is 0.416 e.